The minimum atomic E-state index is -0.0892. The molecule has 2 N–H and O–H groups in total. The largest absolute Gasteiger partial charge is 0.334 e. The zero-order valence-electron chi connectivity index (χ0n) is 11.4. The summed E-state index contributed by atoms with van der Waals surface area (Å²) < 4.78 is 0. The average Bonchev–Trinajstić information content (AvgIpc) is 2.71. The Kier molecular flexibility index (Phi) is 3.44. The van der Waals surface area contributed by atoms with Crippen molar-refractivity contribution in [3.63, 3.8) is 0 Å². The molecule has 1 unspecified atom stereocenters. The molecule has 0 aliphatic carbocycles. The van der Waals surface area contributed by atoms with Gasteiger partial charge in [0.1, 0.15) is 0 Å². The summed E-state index contributed by atoms with van der Waals surface area (Å²) in [6.45, 7) is 7.68. The number of nitrogens with two attached hydrogens (primary N) is 1. The van der Waals surface area contributed by atoms with Crippen molar-refractivity contribution in [2.45, 2.75) is 46.3 Å². The van der Waals surface area contributed by atoms with Gasteiger partial charge in [0, 0.05) is 25.6 Å². The van der Waals surface area contributed by atoms with Crippen LogP contribution in [0.15, 0.2) is 24.3 Å². The number of carbonyl (C=O) groups excluding carboxylic acids is 1. The topological polar surface area (TPSA) is 46.3 Å². The predicted octanol–water partition coefficient (Wildman–Crippen LogP) is 2.29. The number of fused-ring (bicyclic) bond motifs is 1. The molecule has 98 valence electrons. The molecule has 1 aliphatic rings. The van der Waals surface area contributed by atoms with E-state index in [9.17, 15) is 4.79 Å². The highest BCUT2D eigenvalue weighted by molar-refractivity contribution is 5.77. The fourth-order valence-corrected chi connectivity index (χ4v) is 2.13. The zero-order valence-corrected chi connectivity index (χ0v) is 11.4. The Balaban J connectivity index is 1.98. The molecule has 0 fully saturated rings. The summed E-state index contributed by atoms with van der Waals surface area (Å²) in [7, 11) is 0. The third-order valence-electron chi connectivity index (χ3n) is 3.70. The lowest BCUT2D eigenvalue weighted by atomic mass is 9.85. The Morgan fingerprint density at radius 2 is 1.78 bits per heavy atom. The summed E-state index contributed by atoms with van der Waals surface area (Å²) >= 11 is 0. The Hall–Kier alpha value is -1.35. The second-order valence-electron chi connectivity index (χ2n) is 6.20. The van der Waals surface area contributed by atoms with Gasteiger partial charge in [-0.3, -0.25) is 4.79 Å². The molecule has 1 atom stereocenters. The Morgan fingerprint density at radius 3 is 2.22 bits per heavy atom. The average molecular weight is 246 g/mol. The smallest absolute Gasteiger partial charge is 0.224 e. The van der Waals surface area contributed by atoms with Crippen molar-refractivity contribution in [2.24, 2.45) is 11.1 Å². The van der Waals surface area contributed by atoms with Gasteiger partial charge in [0.25, 0.3) is 0 Å². The van der Waals surface area contributed by atoms with Crippen molar-refractivity contribution >= 4 is 5.91 Å². The van der Waals surface area contributed by atoms with Crippen LogP contribution in [0.25, 0.3) is 0 Å². The maximum Gasteiger partial charge on any atom is 0.224 e. The first kappa shape index (κ1) is 13.1. The molecule has 1 aromatic carbocycles. The van der Waals surface area contributed by atoms with Crippen LogP contribution in [0.4, 0.5) is 0 Å². The van der Waals surface area contributed by atoms with Crippen LogP contribution in [-0.4, -0.2) is 16.8 Å². The van der Waals surface area contributed by atoms with Gasteiger partial charge < -0.3 is 10.6 Å². The van der Waals surface area contributed by atoms with E-state index in [1.54, 1.807) is 0 Å². The molecular weight excluding hydrogens is 224 g/mol. The van der Waals surface area contributed by atoms with E-state index in [1.165, 1.54) is 11.1 Å². The van der Waals surface area contributed by atoms with Gasteiger partial charge in [0.05, 0.1) is 0 Å². The fourth-order valence-electron chi connectivity index (χ4n) is 2.13. The Bertz CT molecular complexity index is 423. The highest BCUT2D eigenvalue weighted by atomic mass is 16.2. The predicted molar refractivity (Wildman–Crippen MR) is 72.7 cm³/mol. The van der Waals surface area contributed by atoms with Gasteiger partial charge in [0.2, 0.25) is 5.91 Å². The summed E-state index contributed by atoms with van der Waals surface area (Å²) in [6, 6.07) is 8.13. The van der Waals surface area contributed by atoms with Crippen LogP contribution in [0.5, 0.6) is 0 Å². The molecular formula is C15H22N2O. The van der Waals surface area contributed by atoms with Gasteiger partial charge in [-0.25, -0.2) is 0 Å². The standard InChI is InChI=1S/C15H22N2O/c1-15(2,3)13(16)8-14(18)17-9-11-6-4-5-7-12(11)10-17/h4-7,13H,8-10,16H2,1-3H3. The van der Waals surface area contributed by atoms with E-state index in [1.807, 2.05) is 17.0 Å². The number of benzene rings is 1. The molecule has 0 saturated heterocycles. The van der Waals surface area contributed by atoms with E-state index in [2.05, 4.69) is 32.9 Å². The van der Waals surface area contributed by atoms with Crippen molar-refractivity contribution in [3.05, 3.63) is 35.4 Å². The number of rotatable bonds is 2. The van der Waals surface area contributed by atoms with Gasteiger partial charge in [0.15, 0.2) is 0 Å². The summed E-state index contributed by atoms with van der Waals surface area (Å²) in [5, 5.41) is 0. The van der Waals surface area contributed by atoms with E-state index in [-0.39, 0.29) is 17.4 Å². The molecule has 0 aromatic heterocycles. The summed E-state index contributed by atoms with van der Waals surface area (Å²) in [6.07, 6.45) is 0.428. The molecule has 1 amide bonds. The van der Waals surface area contributed by atoms with Gasteiger partial charge in [-0.05, 0) is 16.5 Å². The van der Waals surface area contributed by atoms with Crippen molar-refractivity contribution in [1.29, 1.82) is 0 Å². The molecule has 1 aromatic rings. The molecule has 1 aliphatic heterocycles. The summed E-state index contributed by atoms with van der Waals surface area (Å²) in [5.74, 6) is 0.161. The van der Waals surface area contributed by atoms with E-state index in [0.29, 0.717) is 6.42 Å². The summed E-state index contributed by atoms with van der Waals surface area (Å²) in [5.41, 5.74) is 8.57. The number of hydrogen-bond acceptors (Lipinski definition) is 2. The molecule has 1 heterocycles. The monoisotopic (exact) mass is 246 g/mol. The van der Waals surface area contributed by atoms with Crippen LogP contribution in [0, 0.1) is 5.41 Å². The third kappa shape index (κ3) is 2.72. The van der Waals surface area contributed by atoms with Crippen LogP contribution in [-0.2, 0) is 17.9 Å². The van der Waals surface area contributed by atoms with Crippen molar-refractivity contribution in [1.82, 2.24) is 4.90 Å². The van der Waals surface area contributed by atoms with E-state index < -0.39 is 0 Å². The van der Waals surface area contributed by atoms with Crippen LogP contribution in [0.1, 0.15) is 38.3 Å². The van der Waals surface area contributed by atoms with Gasteiger partial charge in [-0.15, -0.1) is 0 Å². The first-order valence-electron chi connectivity index (χ1n) is 6.48. The first-order valence-corrected chi connectivity index (χ1v) is 6.48. The fraction of sp³-hybridized carbons (Fsp3) is 0.533. The number of hydrogen-bond donors (Lipinski definition) is 1. The lowest BCUT2D eigenvalue weighted by molar-refractivity contribution is -0.132. The lowest BCUT2D eigenvalue weighted by Crippen LogP contribution is -2.40. The number of carbonyl (C=O) groups is 1. The minimum absolute atomic E-state index is 0.0256. The summed E-state index contributed by atoms with van der Waals surface area (Å²) in [4.78, 5) is 14.1. The normalized spacial score (nSPS) is 16.6. The van der Waals surface area contributed by atoms with E-state index in [0.717, 1.165) is 13.1 Å². The molecule has 0 radical (unpaired) electrons. The second kappa shape index (κ2) is 4.73. The zero-order chi connectivity index (χ0) is 13.3. The van der Waals surface area contributed by atoms with Gasteiger partial charge >= 0.3 is 0 Å². The van der Waals surface area contributed by atoms with E-state index in [4.69, 9.17) is 5.73 Å². The molecule has 0 spiro atoms. The number of amides is 1. The highest BCUT2D eigenvalue weighted by Crippen LogP contribution is 2.25. The minimum Gasteiger partial charge on any atom is -0.334 e. The Labute approximate surface area is 109 Å². The molecule has 0 saturated carbocycles. The quantitative estimate of drug-likeness (QED) is 0.870. The van der Waals surface area contributed by atoms with Crippen LogP contribution in [0.3, 0.4) is 0 Å². The molecule has 3 heteroatoms. The SMILES string of the molecule is CC(C)(C)C(N)CC(=O)N1Cc2ccccc2C1. The van der Waals surface area contributed by atoms with E-state index >= 15 is 0 Å². The molecule has 18 heavy (non-hydrogen) atoms. The van der Waals surface area contributed by atoms with Crippen molar-refractivity contribution < 1.29 is 4.79 Å². The third-order valence-corrected chi connectivity index (χ3v) is 3.70. The van der Waals surface area contributed by atoms with Crippen LogP contribution >= 0.6 is 0 Å². The first-order chi connectivity index (χ1) is 8.38. The second-order valence-corrected chi connectivity index (χ2v) is 6.20. The maximum absolute atomic E-state index is 12.2. The molecule has 3 nitrogen and oxygen atoms in total. The van der Waals surface area contributed by atoms with Crippen LogP contribution in [0.2, 0.25) is 0 Å². The Morgan fingerprint density at radius 1 is 1.28 bits per heavy atom. The van der Waals surface area contributed by atoms with Crippen molar-refractivity contribution in [2.75, 3.05) is 0 Å². The van der Waals surface area contributed by atoms with Gasteiger partial charge in [-0.1, -0.05) is 45.0 Å². The van der Waals surface area contributed by atoms with Gasteiger partial charge in [-0.2, -0.15) is 0 Å². The molecule has 2 rings (SSSR count). The maximum atomic E-state index is 12.2. The molecule has 0 bridgehead atoms. The van der Waals surface area contributed by atoms with Crippen LogP contribution < -0.4 is 5.73 Å². The highest BCUT2D eigenvalue weighted by Gasteiger charge is 2.28. The lowest BCUT2D eigenvalue weighted by Gasteiger charge is -2.28. The number of nitrogens with zero attached hydrogens (tertiary/aromatic N) is 1. The van der Waals surface area contributed by atoms with Crippen molar-refractivity contribution in [3.8, 4) is 0 Å².